The predicted octanol–water partition coefficient (Wildman–Crippen LogP) is -1.19. The maximum atomic E-state index is 13.0. The first-order valence-electron chi connectivity index (χ1n) is 9.70. The lowest BCUT2D eigenvalue weighted by molar-refractivity contribution is -0.149. The Morgan fingerprint density at radius 1 is 1.10 bits per heavy atom. The highest BCUT2D eigenvalue weighted by molar-refractivity contribution is 7.80. The fourth-order valence-electron chi connectivity index (χ4n) is 3.21. The van der Waals surface area contributed by atoms with Crippen LogP contribution in [-0.4, -0.2) is 81.2 Å². The lowest BCUT2D eigenvalue weighted by atomic mass is 10.0. The van der Waals surface area contributed by atoms with E-state index in [0.717, 1.165) is 0 Å². The van der Waals surface area contributed by atoms with E-state index in [1.54, 1.807) is 0 Å². The van der Waals surface area contributed by atoms with Crippen LogP contribution < -0.4 is 16.4 Å². The van der Waals surface area contributed by atoms with E-state index in [0.29, 0.717) is 12.8 Å². The molecule has 1 aliphatic rings. The Labute approximate surface area is 180 Å². The molecule has 4 unspecified atom stereocenters. The number of aliphatic carboxylic acids is 2. The summed E-state index contributed by atoms with van der Waals surface area (Å²) < 4.78 is 0. The second-order valence-corrected chi connectivity index (χ2v) is 8.03. The van der Waals surface area contributed by atoms with E-state index in [1.807, 2.05) is 13.8 Å². The third-order valence-corrected chi connectivity index (χ3v) is 5.05. The molecule has 1 saturated heterocycles. The van der Waals surface area contributed by atoms with Crippen molar-refractivity contribution >= 4 is 42.3 Å². The molecule has 11 nitrogen and oxygen atoms in total. The standard InChI is InChI=1S/C18H30N4O7S/c1-9(2)6-11(17(27)22-5-3-4-13(22)18(28)29)20-16(26)12(8-30)21-15(25)10(19)7-14(23)24/h9-13,30H,3-8,19H2,1-2H3,(H,20,26)(H,21,25)(H,23,24)(H,28,29). The summed E-state index contributed by atoms with van der Waals surface area (Å²) in [4.78, 5) is 61.0. The fraction of sp³-hybridized carbons (Fsp3) is 0.722. The minimum atomic E-state index is -1.34. The molecule has 1 rings (SSSR count). The molecule has 6 N–H and O–H groups in total. The summed E-state index contributed by atoms with van der Waals surface area (Å²) in [6.45, 7) is 4.00. The maximum Gasteiger partial charge on any atom is 0.326 e. The third kappa shape index (κ3) is 7.48. The zero-order chi connectivity index (χ0) is 23.0. The van der Waals surface area contributed by atoms with Gasteiger partial charge in [-0.3, -0.25) is 19.2 Å². The number of nitrogens with zero attached hydrogens (tertiary/aromatic N) is 1. The lowest BCUT2D eigenvalue weighted by Crippen LogP contribution is -2.58. The number of thiol groups is 1. The molecule has 1 heterocycles. The number of nitrogens with two attached hydrogens (primary N) is 1. The molecule has 1 aliphatic heterocycles. The van der Waals surface area contributed by atoms with Crippen molar-refractivity contribution < 1.29 is 34.2 Å². The van der Waals surface area contributed by atoms with Crippen molar-refractivity contribution in [3.05, 3.63) is 0 Å². The van der Waals surface area contributed by atoms with Crippen molar-refractivity contribution in [3.63, 3.8) is 0 Å². The van der Waals surface area contributed by atoms with E-state index >= 15 is 0 Å². The van der Waals surface area contributed by atoms with Gasteiger partial charge in [-0.15, -0.1) is 0 Å². The molecule has 0 aromatic heterocycles. The number of carbonyl (C=O) groups excluding carboxylic acids is 3. The van der Waals surface area contributed by atoms with Gasteiger partial charge in [-0.2, -0.15) is 12.6 Å². The number of carboxylic acids is 2. The largest absolute Gasteiger partial charge is 0.481 e. The number of carboxylic acid groups (broad SMARTS) is 2. The topological polar surface area (TPSA) is 179 Å². The summed E-state index contributed by atoms with van der Waals surface area (Å²) in [5, 5.41) is 23.0. The van der Waals surface area contributed by atoms with Crippen LogP contribution in [0.1, 0.15) is 39.5 Å². The number of hydrogen-bond donors (Lipinski definition) is 6. The predicted molar refractivity (Wildman–Crippen MR) is 110 cm³/mol. The number of hydrogen-bond acceptors (Lipinski definition) is 7. The Morgan fingerprint density at radius 3 is 2.20 bits per heavy atom. The Bertz CT molecular complexity index is 673. The van der Waals surface area contributed by atoms with Gasteiger partial charge in [0, 0.05) is 12.3 Å². The zero-order valence-electron chi connectivity index (χ0n) is 17.0. The summed E-state index contributed by atoms with van der Waals surface area (Å²) in [5.74, 6) is -4.45. The summed E-state index contributed by atoms with van der Waals surface area (Å²) in [6.07, 6.45) is 0.577. The first-order chi connectivity index (χ1) is 14.0. The quantitative estimate of drug-likeness (QED) is 0.214. The number of nitrogens with one attached hydrogen (secondary N) is 2. The van der Waals surface area contributed by atoms with E-state index in [-0.39, 0.29) is 24.6 Å². The van der Waals surface area contributed by atoms with Crippen LogP contribution in [0.15, 0.2) is 0 Å². The second-order valence-electron chi connectivity index (χ2n) is 7.67. The minimum absolute atomic E-state index is 0.0261. The van der Waals surface area contributed by atoms with Gasteiger partial charge >= 0.3 is 11.9 Å². The van der Waals surface area contributed by atoms with Crippen molar-refractivity contribution in [2.24, 2.45) is 11.7 Å². The van der Waals surface area contributed by atoms with Crippen molar-refractivity contribution in [1.29, 1.82) is 0 Å². The molecule has 0 spiro atoms. The Morgan fingerprint density at radius 2 is 1.70 bits per heavy atom. The van der Waals surface area contributed by atoms with Crippen molar-refractivity contribution in [2.45, 2.75) is 63.7 Å². The number of likely N-dealkylation sites (tertiary alicyclic amines) is 1. The third-order valence-electron chi connectivity index (χ3n) is 4.69. The molecule has 1 fully saturated rings. The van der Waals surface area contributed by atoms with Gasteiger partial charge in [0.1, 0.15) is 18.1 Å². The minimum Gasteiger partial charge on any atom is -0.481 e. The smallest absolute Gasteiger partial charge is 0.326 e. The van der Waals surface area contributed by atoms with Gasteiger partial charge in [0.25, 0.3) is 0 Å². The molecular weight excluding hydrogens is 416 g/mol. The van der Waals surface area contributed by atoms with E-state index < -0.39 is 60.2 Å². The van der Waals surface area contributed by atoms with Gasteiger partial charge in [-0.25, -0.2) is 4.79 Å². The molecule has 0 radical (unpaired) electrons. The van der Waals surface area contributed by atoms with Gasteiger partial charge in [0.05, 0.1) is 12.5 Å². The van der Waals surface area contributed by atoms with Gasteiger partial charge in [-0.05, 0) is 25.2 Å². The number of rotatable bonds is 11. The first-order valence-corrected chi connectivity index (χ1v) is 10.3. The zero-order valence-corrected chi connectivity index (χ0v) is 17.9. The lowest BCUT2D eigenvalue weighted by Gasteiger charge is -2.29. The van der Waals surface area contributed by atoms with Crippen LogP contribution in [0.2, 0.25) is 0 Å². The molecule has 0 saturated carbocycles. The van der Waals surface area contributed by atoms with Gasteiger partial charge in [-0.1, -0.05) is 13.8 Å². The molecule has 0 aromatic carbocycles. The molecule has 170 valence electrons. The Balaban J connectivity index is 2.88. The number of amides is 3. The van der Waals surface area contributed by atoms with Gasteiger partial charge in [0.2, 0.25) is 17.7 Å². The normalized spacial score (nSPS) is 19.1. The molecule has 12 heteroatoms. The molecule has 3 amide bonds. The highest BCUT2D eigenvalue weighted by atomic mass is 32.1. The highest BCUT2D eigenvalue weighted by Crippen LogP contribution is 2.20. The van der Waals surface area contributed by atoms with Crippen molar-refractivity contribution in [2.75, 3.05) is 12.3 Å². The summed E-state index contributed by atoms with van der Waals surface area (Å²) in [5.41, 5.74) is 5.50. The molecule has 0 aliphatic carbocycles. The molecule has 0 bridgehead atoms. The van der Waals surface area contributed by atoms with Crippen molar-refractivity contribution in [3.8, 4) is 0 Å². The van der Waals surface area contributed by atoms with E-state index in [2.05, 4.69) is 23.3 Å². The summed E-state index contributed by atoms with van der Waals surface area (Å²) in [6, 6.07) is -4.38. The van der Waals surface area contributed by atoms with E-state index in [4.69, 9.17) is 10.8 Å². The fourth-order valence-corrected chi connectivity index (χ4v) is 3.46. The van der Waals surface area contributed by atoms with Crippen LogP contribution in [0.3, 0.4) is 0 Å². The average molecular weight is 447 g/mol. The number of carbonyl (C=O) groups is 5. The maximum absolute atomic E-state index is 13.0. The van der Waals surface area contributed by atoms with Gasteiger partial charge < -0.3 is 31.5 Å². The van der Waals surface area contributed by atoms with Crippen molar-refractivity contribution in [1.82, 2.24) is 15.5 Å². The molecular formula is C18H30N4O7S. The molecule has 4 atom stereocenters. The Hall–Kier alpha value is -2.34. The van der Waals surface area contributed by atoms with E-state index in [9.17, 15) is 29.1 Å². The van der Waals surface area contributed by atoms with Crippen LogP contribution in [-0.2, 0) is 24.0 Å². The summed E-state index contributed by atoms with van der Waals surface area (Å²) in [7, 11) is 0. The average Bonchev–Trinajstić information content (AvgIpc) is 3.13. The van der Waals surface area contributed by atoms with Crippen LogP contribution in [0.25, 0.3) is 0 Å². The highest BCUT2D eigenvalue weighted by Gasteiger charge is 2.38. The molecule has 0 aromatic rings. The van der Waals surface area contributed by atoms with E-state index in [1.165, 1.54) is 4.90 Å². The van der Waals surface area contributed by atoms with Crippen LogP contribution in [0, 0.1) is 5.92 Å². The summed E-state index contributed by atoms with van der Waals surface area (Å²) >= 11 is 4.03. The monoisotopic (exact) mass is 446 g/mol. The first kappa shape index (κ1) is 25.7. The Kier molecular flexibility index (Phi) is 10.1. The van der Waals surface area contributed by atoms with Crippen LogP contribution in [0.5, 0.6) is 0 Å². The second kappa shape index (κ2) is 11.7. The van der Waals surface area contributed by atoms with Crippen LogP contribution in [0.4, 0.5) is 0 Å². The van der Waals surface area contributed by atoms with Crippen LogP contribution >= 0.6 is 12.6 Å². The molecule has 30 heavy (non-hydrogen) atoms. The SMILES string of the molecule is CC(C)CC(NC(=O)C(CS)NC(=O)C(N)CC(=O)O)C(=O)N1CCCC1C(=O)O. The van der Waals surface area contributed by atoms with Gasteiger partial charge in [0.15, 0.2) is 0 Å².